The van der Waals surface area contributed by atoms with E-state index in [1.54, 1.807) is 42.6 Å². The molecule has 47 heavy (non-hydrogen) atoms. The highest BCUT2D eigenvalue weighted by atomic mass is 35.5. The quantitative estimate of drug-likeness (QED) is 0.165. The second kappa shape index (κ2) is 13.6. The highest BCUT2D eigenvalue weighted by molar-refractivity contribution is 6.30. The molecule has 3 heterocycles. The molecule has 0 saturated carbocycles. The molecule has 0 bridgehead atoms. The number of carbonyl (C=O) groups is 2. The SMILES string of the molecule is Nc1ccc(C=CC(=O)NCc2ccc(-c3ccc(-c4ccc(C(=O)N5CCC(F)(F)CC5)cc4)cc3-c3cccc(Cl)c3)o2)cn1. The van der Waals surface area contributed by atoms with Crippen molar-refractivity contribution >= 4 is 35.3 Å². The lowest BCUT2D eigenvalue weighted by Gasteiger charge is -2.31. The number of hydrogen-bond acceptors (Lipinski definition) is 5. The highest BCUT2D eigenvalue weighted by Gasteiger charge is 2.35. The summed E-state index contributed by atoms with van der Waals surface area (Å²) < 4.78 is 33.3. The summed E-state index contributed by atoms with van der Waals surface area (Å²) >= 11 is 6.37. The van der Waals surface area contributed by atoms with Crippen molar-refractivity contribution < 1.29 is 22.8 Å². The van der Waals surface area contributed by atoms with Gasteiger partial charge >= 0.3 is 0 Å². The van der Waals surface area contributed by atoms with Crippen LogP contribution in [0.25, 0.3) is 39.7 Å². The lowest BCUT2D eigenvalue weighted by molar-refractivity contribution is -0.116. The molecule has 0 radical (unpaired) electrons. The molecule has 3 N–H and O–H groups in total. The highest BCUT2D eigenvalue weighted by Crippen LogP contribution is 2.37. The molecule has 2 amide bonds. The summed E-state index contributed by atoms with van der Waals surface area (Å²) in [5, 5.41) is 3.41. The summed E-state index contributed by atoms with van der Waals surface area (Å²) in [7, 11) is 0. The number of furan rings is 1. The molecule has 5 aromatic rings. The first-order chi connectivity index (χ1) is 22.6. The fourth-order valence-corrected chi connectivity index (χ4v) is 5.59. The average molecular weight is 653 g/mol. The minimum absolute atomic E-state index is 0.0401. The van der Waals surface area contributed by atoms with Crippen LogP contribution in [0.1, 0.15) is 34.5 Å². The number of halogens is 3. The van der Waals surface area contributed by atoms with Crippen molar-refractivity contribution in [1.82, 2.24) is 15.2 Å². The van der Waals surface area contributed by atoms with Gasteiger partial charge in [0.25, 0.3) is 11.8 Å². The predicted octanol–water partition coefficient (Wildman–Crippen LogP) is 8.11. The van der Waals surface area contributed by atoms with E-state index >= 15 is 0 Å². The first-order valence-corrected chi connectivity index (χ1v) is 15.5. The van der Waals surface area contributed by atoms with E-state index in [9.17, 15) is 18.4 Å². The molecule has 10 heteroatoms. The number of nitrogens with zero attached hydrogens (tertiary/aromatic N) is 2. The van der Waals surface area contributed by atoms with E-state index in [0.29, 0.717) is 27.9 Å². The number of nitrogens with one attached hydrogen (secondary N) is 1. The Hall–Kier alpha value is -5.28. The maximum atomic E-state index is 13.6. The monoisotopic (exact) mass is 652 g/mol. The zero-order valence-corrected chi connectivity index (χ0v) is 26.0. The Morgan fingerprint density at radius 1 is 0.915 bits per heavy atom. The van der Waals surface area contributed by atoms with E-state index < -0.39 is 5.92 Å². The van der Waals surface area contributed by atoms with Crippen molar-refractivity contribution in [2.24, 2.45) is 0 Å². The lowest BCUT2D eigenvalue weighted by Crippen LogP contribution is -2.42. The van der Waals surface area contributed by atoms with E-state index in [0.717, 1.165) is 33.4 Å². The van der Waals surface area contributed by atoms with E-state index in [1.807, 2.05) is 60.7 Å². The topological polar surface area (TPSA) is 101 Å². The number of nitrogen functional groups attached to an aromatic ring is 1. The molecule has 7 nitrogen and oxygen atoms in total. The van der Waals surface area contributed by atoms with E-state index in [-0.39, 0.29) is 44.3 Å². The Balaban J connectivity index is 1.20. The summed E-state index contributed by atoms with van der Waals surface area (Å²) in [4.78, 5) is 30.8. The third kappa shape index (κ3) is 7.76. The Bertz CT molecular complexity index is 1930. The number of alkyl halides is 2. The number of aromatic nitrogens is 1. The molecule has 1 fully saturated rings. The van der Waals surface area contributed by atoms with Gasteiger partial charge in [-0.1, -0.05) is 41.9 Å². The Kier molecular flexibility index (Phi) is 9.17. The van der Waals surface area contributed by atoms with Crippen LogP contribution in [-0.4, -0.2) is 40.7 Å². The minimum Gasteiger partial charge on any atom is -0.459 e. The number of rotatable bonds is 8. The molecule has 0 spiro atoms. The third-order valence-electron chi connectivity index (χ3n) is 8.00. The molecule has 0 atom stereocenters. The van der Waals surface area contributed by atoms with Crippen LogP contribution in [0.3, 0.4) is 0 Å². The number of benzene rings is 3. The van der Waals surface area contributed by atoms with Crippen molar-refractivity contribution in [1.29, 1.82) is 0 Å². The number of anilines is 1. The van der Waals surface area contributed by atoms with Gasteiger partial charge in [0.1, 0.15) is 17.3 Å². The standard InChI is InChI=1S/C37H31ClF2N4O3/c38-29-3-1-2-28(20-29)32-21-27(25-6-8-26(9-7-25)36(46)44-18-16-37(39,40)17-19-44)10-12-31(32)33-13-11-30(47-33)23-43-35(45)15-5-24-4-14-34(41)42-22-24/h1-15,20-22H,16-19,23H2,(H2,41,42)(H,43,45). The minimum atomic E-state index is -2.71. The largest absolute Gasteiger partial charge is 0.459 e. The van der Waals surface area contributed by atoms with Crippen molar-refractivity contribution in [2.45, 2.75) is 25.3 Å². The van der Waals surface area contributed by atoms with Gasteiger partial charge in [0, 0.05) is 54.4 Å². The number of hydrogen-bond donors (Lipinski definition) is 2. The molecule has 0 unspecified atom stereocenters. The maximum absolute atomic E-state index is 13.6. The van der Waals surface area contributed by atoms with Gasteiger partial charge in [-0.15, -0.1) is 0 Å². The summed E-state index contributed by atoms with van der Waals surface area (Å²) in [5.41, 5.74) is 11.2. The van der Waals surface area contributed by atoms with Crippen LogP contribution in [0, 0.1) is 0 Å². The molecule has 1 aliphatic heterocycles. The van der Waals surface area contributed by atoms with Crippen LogP contribution < -0.4 is 11.1 Å². The summed E-state index contributed by atoms with van der Waals surface area (Å²) in [6.07, 6.45) is 4.02. The van der Waals surface area contributed by atoms with Gasteiger partial charge in [-0.2, -0.15) is 0 Å². The lowest BCUT2D eigenvalue weighted by atomic mass is 9.93. The maximum Gasteiger partial charge on any atom is 0.253 e. The molecular weight excluding hydrogens is 622 g/mol. The van der Waals surface area contributed by atoms with Crippen LogP contribution in [0.4, 0.5) is 14.6 Å². The number of nitrogens with two attached hydrogens (primary N) is 1. The summed E-state index contributed by atoms with van der Waals surface area (Å²) in [6, 6.07) is 27.8. The second-order valence-corrected chi connectivity index (χ2v) is 11.8. The predicted molar refractivity (Wildman–Crippen MR) is 180 cm³/mol. The van der Waals surface area contributed by atoms with Gasteiger partial charge in [0.15, 0.2) is 0 Å². The number of likely N-dealkylation sites (tertiary alicyclic amines) is 1. The summed E-state index contributed by atoms with van der Waals surface area (Å²) in [5.74, 6) is -1.64. The van der Waals surface area contributed by atoms with Crippen molar-refractivity contribution in [2.75, 3.05) is 18.8 Å². The van der Waals surface area contributed by atoms with Gasteiger partial charge < -0.3 is 20.4 Å². The van der Waals surface area contributed by atoms with E-state index in [1.165, 1.54) is 11.0 Å². The van der Waals surface area contributed by atoms with Gasteiger partial charge in [0.05, 0.1) is 6.54 Å². The normalized spacial score (nSPS) is 14.3. The van der Waals surface area contributed by atoms with Crippen LogP contribution in [0.5, 0.6) is 0 Å². The zero-order chi connectivity index (χ0) is 33.0. The average Bonchev–Trinajstić information content (AvgIpc) is 3.55. The summed E-state index contributed by atoms with van der Waals surface area (Å²) in [6.45, 7) is 0.273. The Morgan fingerprint density at radius 3 is 2.40 bits per heavy atom. The van der Waals surface area contributed by atoms with Crippen LogP contribution in [0.15, 0.2) is 108 Å². The van der Waals surface area contributed by atoms with Crippen LogP contribution in [-0.2, 0) is 11.3 Å². The van der Waals surface area contributed by atoms with Crippen LogP contribution in [0.2, 0.25) is 5.02 Å². The van der Waals surface area contributed by atoms with E-state index in [2.05, 4.69) is 10.3 Å². The number of piperidine rings is 1. The molecule has 1 saturated heterocycles. The fourth-order valence-electron chi connectivity index (χ4n) is 5.40. The van der Waals surface area contributed by atoms with Crippen LogP contribution >= 0.6 is 11.6 Å². The number of amides is 2. The van der Waals surface area contributed by atoms with E-state index in [4.69, 9.17) is 21.8 Å². The third-order valence-corrected chi connectivity index (χ3v) is 8.24. The fraction of sp³-hybridized carbons (Fsp3) is 0.162. The molecule has 0 aliphatic carbocycles. The first kappa shape index (κ1) is 31.7. The molecule has 238 valence electrons. The molecule has 2 aromatic heterocycles. The van der Waals surface area contributed by atoms with Crippen molar-refractivity contribution in [3.63, 3.8) is 0 Å². The molecule has 1 aliphatic rings. The number of carbonyl (C=O) groups excluding carboxylic acids is 2. The van der Waals surface area contributed by atoms with Crippen molar-refractivity contribution in [3.05, 3.63) is 125 Å². The van der Waals surface area contributed by atoms with Gasteiger partial charge in [-0.25, -0.2) is 13.8 Å². The van der Waals surface area contributed by atoms with Crippen molar-refractivity contribution in [3.8, 4) is 33.6 Å². The first-order valence-electron chi connectivity index (χ1n) is 15.1. The smallest absolute Gasteiger partial charge is 0.253 e. The molecule has 6 rings (SSSR count). The molecular formula is C37H31ClF2N4O3. The Labute approximate surface area is 275 Å². The zero-order valence-electron chi connectivity index (χ0n) is 25.3. The second-order valence-electron chi connectivity index (χ2n) is 11.3. The van der Waals surface area contributed by atoms with Gasteiger partial charge in [-0.3, -0.25) is 9.59 Å². The molecule has 3 aromatic carbocycles. The van der Waals surface area contributed by atoms with Gasteiger partial charge in [0.2, 0.25) is 5.91 Å². The Morgan fingerprint density at radius 2 is 1.68 bits per heavy atom. The number of pyridine rings is 1. The van der Waals surface area contributed by atoms with Gasteiger partial charge in [-0.05, 0) is 94.6 Å².